The minimum Gasteiger partial charge on any atom is -0.294 e. The maximum absolute atomic E-state index is 12.7. The average molecular weight is 257 g/mol. The Morgan fingerprint density at radius 1 is 0.947 bits per heavy atom. The number of hydrogen-bond acceptors (Lipinski definition) is 3. The fraction of sp³-hybridized carbons (Fsp3) is 0.133. The van der Waals surface area contributed by atoms with Crippen molar-refractivity contribution in [3.8, 4) is 0 Å². The Morgan fingerprint density at radius 3 is 2.26 bits per heavy atom. The zero-order valence-corrected chi connectivity index (χ0v) is 10.2. The number of nitrogens with zero attached hydrogens (tertiary/aromatic N) is 1. The van der Waals surface area contributed by atoms with E-state index in [1.165, 1.54) is 30.5 Å². The van der Waals surface area contributed by atoms with Crippen molar-refractivity contribution in [1.29, 1.82) is 0 Å². The lowest BCUT2D eigenvalue weighted by atomic mass is 10.0. The third-order valence-corrected chi connectivity index (χ3v) is 2.70. The first-order valence-electron chi connectivity index (χ1n) is 5.90. The predicted molar refractivity (Wildman–Crippen MR) is 68.5 cm³/mol. The van der Waals surface area contributed by atoms with E-state index in [-0.39, 0.29) is 30.2 Å². The maximum atomic E-state index is 12.7. The van der Waals surface area contributed by atoms with Gasteiger partial charge in [0.1, 0.15) is 11.5 Å². The van der Waals surface area contributed by atoms with Gasteiger partial charge >= 0.3 is 0 Å². The zero-order chi connectivity index (χ0) is 13.7. The van der Waals surface area contributed by atoms with Gasteiger partial charge in [0.05, 0.1) is 0 Å². The lowest BCUT2D eigenvalue weighted by molar-refractivity contribution is 0.0915. The van der Waals surface area contributed by atoms with E-state index in [0.717, 1.165) is 0 Å². The molecule has 0 bridgehead atoms. The molecule has 3 nitrogen and oxygen atoms in total. The summed E-state index contributed by atoms with van der Waals surface area (Å²) in [4.78, 5) is 27.5. The number of benzene rings is 1. The Kier molecular flexibility index (Phi) is 4.13. The van der Waals surface area contributed by atoms with Crippen molar-refractivity contribution < 1.29 is 14.0 Å². The molecule has 0 saturated carbocycles. The zero-order valence-electron chi connectivity index (χ0n) is 10.2. The summed E-state index contributed by atoms with van der Waals surface area (Å²) in [7, 11) is 0. The Balaban J connectivity index is 1.94. The molecule has 0 fully saturated rings. The molecule has 0 aliphatic heterocycles. The Morgan fingerprint density at radius 2 is 1.63 bits per heavy atom. The van der Waals surface area contributed by atoms with Gasteiger partial charge in [0.2, 0.25) is 0 Å². The molecule has 0 unspecified atom stereocenters. The molecule has 0 radical (unpaired) electrons. The highest BCUT2D eigenvalue weighted by atomic mass is 19.1. The fourth-order valence-electron chi connectivity index (χ4n) is 1.66. The van der Waals surface area contributed by atoms with Gasteiger partial charge in [-0.1, -0.05) is 6.07 Å². The number of rotatable bonds is 5. The van der Waals surface area contributed by atoms with Crippen LogP contribution in [0.2, 0.25) is 0 Å². The van der Waals surface area contributed by atoms with Crippen molar-refractivity contribution >= 4 is 11.6 Å². The molecule has 0 spiro atoms. The van der Waals surface area contributed by atoms with Crippen molar-refractivity contribution in [2.45, 2.75) is 12.8 Å². The molecule has 0 atom stereocenters. The molecule has 2 rings (SSSR count). The summed E-state index contributed by atoms with van der Waals surface area (Å²) in [5.41, 5.74) is 0.768. The summed E-state index contributed by atoms with van der Waals surface area (Å²) in [5, 5.41) is 0. The third kappa shape index (κ3) is 3.55. The van der Waals surface area contributed by atoms with Gasteiger partial charge in [0.25, 0.3) is 0 Å². The molecule has 0 N–H and O–H groups in total. The van der Waals surface area contributed by atoms with Crippen LogP contribution in [0.5, 0.6) is 0 Å². The summed E-state index contributed by atoms with van der Waals surface area (Å²) < 4.78 is 12.7. The van der Waals surface area contributed by atoms with Crippen LogP contribution in [-0.4, -0.2) is 16.6 Å². The van der Waals surface area contributed by atoms with Crippen LogP contribution >= 0.6 is 0 Å². The van der Waals surface area contributed by atoms with Crippen LogP contribution in [0.3, 0.4) is 0 Å². The molecule has 0 aliphatic carbocycles. The molecule has 0 amide bonds. The minimum absolute atomic E-state index is 0.0983. The van der Waals surface area contributed by atoms with Gasteiger partial charge in [-0.05, 0) is 36.4 Å². The van der Waals surface area contributed by atoms with E-state index >= 15 is 0 Å². The average Bonchev–Trinajstić information content (AvgIpc) is 2.46. The van der Waals surface area contributed by atoms with Crippen LogP contribution < -0.4 is 0 Å². The highest BCUT2D eigenvalue weighted by Crippen LogP contribution is 2.09. The minimum atomic E-state index is -0.388. The number of carbonyl (C=O) groups is 2. The topological polar surface area (TPSA) is 47.0 Å². The first kappa shape index (κ1) is 13.1. The summed E-state index contributed by atoms with van der Waals surface area (Å²) in [6, 6.07) is 10.4. The number of hydrogen-bond donors (Lipinski definition) is 0. The molecule has 1 aromatic carbocycles. The first-order valence-corrected chi connectivity index (χ1v) is 5.90. The molecule has 4 heteroatoms. The molecule has 19 heavy (non-hydrogen) atoms. The molecule has 0 saturated heterocycles. The second-order valence-electron chi connectivity index (χ2n) is 4.07. The summed E-state index contributed by atoms with van der Waals surface area (Å²) >= 11 is 0. The van der Waals surface area contributed by atoms with Crippen molar-refractivity contribution in [1.82, 2.24) is 4.98 Å². The van der Waals surface area contributed by atoms with Crippen LogP contribution in [0, 0.1) is 5.82 Å². The van der Waals surface area contributed by atoms with Crippen LogP contribution in [0.1, 0.15) is 33.7 Å². The normalized spacial score (nSPS) is 10.2. The number of ketones is 2. The number of aromatic nitrogens is 1. The van der Waals surface area contributed by atoms with Crippen LogP contribution in [0.4, 0.5) is 4.39 Å². The molecule has 2 aromatic rings. The van der Waals surface area contributed by atoms with Crippen molar-refractivity contribution in [2.75, 3.05) is 0 Å². The standard InChI is InChI=1S/C15H12FNO2/c16-12-6-4-11(5-7-12)14(18)8-9-15(19)13-3-1-2-10-17-13/h1-7,10H,8-9H2. The van der Waals surface area contributed by atoms with E-state index in [1.54, 1.807) is 18.2 Å². The molecular formula is C15H12FNO2. The fourth-order valence-corrected chi connectivity index (χ4v) is 1.66. The molecular weight excluding hydrogens is 245 g/mol. The van der Waals surface area contributed by atoms with E-state index < -0.39 is 0 Å². The van der Waals surface area contributed by atoms with Gasteiger partial charge in [-0.25, -0.2) is 4.39 Å². The predicted octanol–water partition coefficient (Wildman–Crippen LogP) is 3.07. The number of carbonyl (C=O) groups excluding carboxylic acids is 2. The summed E-state index contributed by atoms with van der Waals surface area (Å²) in [5.74, 6) is -0.735. The molecule has 96 valence electrons. The summed E-state index contributed by atoms with van der Waals surface area (Å²) in [6.07, 6.45) is 1.74. The smallest absolute Gasteiger partial charge is 0.181 e. The highest BCUT2D eigenvalue weighted by Gasteiger charge is 2.11. The van der Waals surface area contributed by atoms with Gasteiger partial charge < -0.3 is 0 Å². The second kappa shape index (κ2) is 6.00. The van der Waals surface area contributed by atoms with Crippen LogP contribution in [-0.2, 0) is 0 Å². The van der Waals surface area contributed by atoms with Crippen molar-refractivity contribution in [3.63, 3.8) is 0 Å². The number of Topliss-reactive ketones (excluding diaryl/α,β-unsaturated/α-hetero) is 2. The van der Waals surface area contributed by atoms with Crippen molar-refractivity contribution in [2.24, 2.45) is 0 Å². The Labute approximate surface area is 110 Å². The van der Waals surface area contributed by atoms with E-state index in [1.807, 2.05) is 0 Å². The highest BCUT2D eigenvalue weighted by molar-refractivity contribution is 6.01. The largest absolute Gasteiger partial charge is 0.294 e. The van der Waals surface area contributed by atoms with Gasteiger partial charge in [0, 0.05) is 24.6 Å². The lowest BCUT2D eigenvalue weighted by Gasteiger charge is -2.01. The molecule has 0 aliphatic rings. The van der Waals surface area contributed by atoms with E-state index in [9.17, 15) is 14.0 Å². The lowest BCUT2D eigenvalue weighted by Crippen LogP contribution is -2.06. The quantitative estimate of drug-likeness (QED) is 0.773. The van der Waals surface area contributed by atoms with Crippen LogP contribution in [0.25, 0.3) is 0 Å². The second-order valence-corrected chi connectivity index (χ2v) is 4.07. The molecule has 1 heterocycles. The van der Waals surface area contributed by atoms with Crippen molar-refractivity contribution in [3.05, 3.63) is 65.7 Å². The first-order chi connectivity index (χ1) is 9.16. The van der Waals surface area contributed by atoms with Crippen LogP contribution in [0.15, 0.2) is 48.7 Å². The van der Waals surface area contributed by atoms with E-state index in [0.29, 0.717) is 11.3 Å². The molecule has 1 aromatic heterocycles. The third-order valence-electron chi connectivity index (χ3n) is 2.70. The van der Waals surface area contributed by atoms with Gasteiger partial charge in [-0.3, -0.25) is 14.6 Å². The Bertz CT molecular complexity index is 579. The number of halogens is 1. The summed E-state index contributed by atoms with van der Waals surface area (Å²) in [6.45, 7) is 0. The SMILES string of the molecule is O=C(CCC(=O)c1ccccn1)c1ccc(F)cc1. The number of pyridine rings is 1. The Hall–Kier alpha value is -2.36. The van der Waals surface area contributed by atoms with Gasteiger partial charge in [-0.2, -0.15) is 0 Å². The van der Waals surface area contributed by atoms with E-state index in [2.05, 4.69) is 4.98 Å². The van der Waals surface area contributed by atoms with E-state index in [4.69, 9.17) is 0 Å². The monoisotopic (exact) mass is 257 g/mol. The maximum Gasteiger partial charge on any atom is 0.181 e. The van der Waals surface area contributed by atoms with Gasteiger partial charge in [-0.15, -0.1) is 0 Å². The van der Waals surface area contributed by atoms with Gasteiger partial charge in [0.15, 0.2) is 11.6 Å².